The van der Waals surface area contributed by atoms with E-state index in [4.69, 9.17) is 9.47 Å². The Bertz CT molecular complexity index is 1730. The predicted molar refractivity (Wildman–Crippen MR) is 150 cm³/mol. The summed E-state index contributed by atoms with van der Waals surface area (Å²) in [4.78, 5) is 32.2. The van der Waals surface area contributed by atoms with E-state index in [0.717, 1.165) is 24.3 Å². The van der Waals surface area contributed by atoms with Gasteiger partial charge in [0.1, 0.15) is 29.5 Å². The van der Waals surface area contributed by atoms with E-state index in [0.29, 0.717) is 0 Å². The summed E-state index contributed by atoms with van der Waals surface area (Å²) in [5.41, 5.74) is -1.17. The molecule has 0 aliphatic carbocycles. The van der Waals surface area contributed by atoms with Crippen molar-refractivity contribution in [1.29, 1.82) is 0 Å². The minimum Gasteiger partial charge on any atom is -0.485 e. The zero-order valence-corrected chi connectivity index (χ0v) is 24.3. The first-order chi connectivity index (χ1) is 20.6. The van der Waals surface area contributed by atoms with Gasteiger partial charge < -0.3 is 14.8 Å². The van der Waals surface area contributed by atoms with Crippen LogP contribution in [0.25, 0.3) is 5.65 Å². The molecule has 0 radical (unpaired) electrons. The number of alkyl halides is 3. The number of benzene rings is 2. The Morgan fingerprint density at radius 2 is 1.75 bits per heavy atom. The highest BCUT2D eigenvalue weighted by Crippen LogP contribution is 2.39. The molecule has 1 unspecified atom stereocenters. The SMILES string of the molecule is Cc1nc2c(OCc3c(F)cccc3F)cccn2c1C(=O)NC1CCN(C(=O)OC(C)(C)C)c2ccc(C(F)(F)F)cc21. The number of aryl methyl sites for hydroxylation is 1. The number of ether oxygens (including phenoxy) is 2. The molecule has 0 saturated heterocycles. The van der Waals surface area contributed by atoms with Crippen molar-refractivity contribution in [3.05, 3.63) is 94.4 Å². The molecule has 0 spiro atoms. The van der Waals surface area contributed by atoms with Crippen molar-refractivity contribution in [2.24, 2.45) is 0 Å². The number of nitrogens with zero attached hydrogens (tertiary/aromatic N) is 3. The number of amides is 2. The van der Waals surface area contributed by atoms with Gasteiger partial charge in [-0.3, -0.25) is 14.1 Å². The molecule has 8 nitrogen and oxygen atoms in total. The summed E-state index contributed by atoms with van der Waals surface area (Å²) in [6, 6.07) is 8.66. The second kappa shape index (κ2) is 11.4. The Balaban J connectivity index is 1.45. The van der Waals surface area contributed by atoms with Crippen LogP contribution in [0.5, 0.6) is 5.75 Å². The topological polar surface area (TPSA) is 85.2 Å². The maximum atomic E-state index is 14.1. The van der Waals surface area contributed by atoms with Crippen molar-refractivity contribution in [2.45, 2.75) is 58.5 Å². The fourth-order valence-electron chi connectivity index (χ4n) is 5.04. The van der Waals surface area contributed by atoms with E-state index in [2.05, 4.69) is 10.3 Å². The monoisotopic (exact) mass is 616 g/mol. The summed E-state index contributed by atoms with van der Waals surface area (Å²) in [6.45, 7) is 6.26. The molecular formula is C31H29F5N4O4. The Hall–Kier alpha value is -4.68. The Labute approximate surface area is 249 Å². The van der Waals surface area contributed by atoms with E-state index in [-0.39, 0.29) is 52.6 Å². The molecule has 2 aromatic carbocycles. The molecular weight excluding hydrogens is 587 g/mol. The van der Waals surface area contributed by atoms with Crippen LogP contribution >= 0.6 is 0 Å². The highest BCUT2D eigenvalue weighted by molar-refractivity contribution is 5.96. The maximum absolute atomic E-state index is 14.1. The van der Waals surface area contributed by atoms with E-state index in [1.54, 1.807) is 40.0 Å². The molecule has 1 aliphatic heterocycles. The van der Waals surface area contributed by atoms with Gasteiger partial charge in [0.15, 0.2) is 11.4 Å². The molecule has 0 fully saturated rings. The van der Waals surface area contributed by atoms with Gasteiger partial charge in [0.05, 0.1) is 28.6 Å². The lowest BCUT2D eigenvalue weighted by atomic mass is 9.94. The molecule has 232 valence electrons. The molecule has 1 atom stereocenters. The summed E-state index contributed by atoms with van der Waals surface area (Å²) >= 11 is 0. The molecule has 1 N–H and O–H groups in total. The van der Waals surface area contributed by atoms with Gasteiger partial charge in [-0.2, -0.15) is 13.2 Å². The Morgan fingerprint density at radius 1 is 1.05 bits per heavy atom. The lowest BCUT2D eigenvalue weighted by Gasteiger charge is -2.36. The quantitative estimate of drug-likeness (QED) is 0.241. The highest BCUT2D eigenvalue weighted by atomic mass is 19.4. The average Bonchev–Trinajstić information content (AvgIpc) is 3.27. The Kier molecular flexibility index (Phi) is 8.00. The third kappa shape index (κ3) is 6.17. The fraction of sp³-hybridized carbons (Fsp3) is 0.323. The summed E-state index contributed by atoms with van der Waals surface area (Å²) in [6.07, 6.45) is -3.72. The highest BCUT2D eigenvalue weighted by Gasteiger charge is 2.37. The van der Waals surface area contributed by atoms with Gasteiger partial charge >= 0.3 is 12.3 Å². The van der Waals surface area contributed by atoms with Gasteiger partial charge in [-0.25, -0.2) is 18.6 Å². The number of carbonyl (C=O) groups excluding carboxylic acids is 2. The number of rotatable bonds is 5. The zero-order chi connectivity index (χ0) is 32.0. The fourth-order valence-corrected chi connectivity index (χ4v) is 5.04. The lowest BCUT2D eigenvalue weighted by molar-refractivity contribution is -0.137. The lowest BCUT2D eigenvalue weighted by Crippen LogP contribution is -2.43. The van der Waals surface area contributed by atoms with Crippen LogP contribution in [0.2, 0.25) is 0 Å². The number of halogens is 5. The van der Waals surface area contributed by atoms with Gasteiger partial charge in [0.25, 0.3) is 5.91 Å². The van der Waals surface area contributed by atoms with Crippen LogP contribution in [-0.4, -0.2) is 33.5 Å². The molecule has 5 rings (SSSR count). The van der Waals surface area contributed by atoms with Gasteiger partial charge in [0.2, 0.25) is 0 Å². The van der Waals surface area contributed by atoms with Crippen molar-refractivity contribution in [1.82, 2.24) is 14.7 Å². The number of imidazole rings is 1. The number of hydrogen-bond donors (Lipinski definition) is 1. The zero-order valence-electron chi connectivity index (χ0n) is 24.3. The van der Waals surface area contributed by atoms with Crippen molar-refractivity contribution < 1.29 is 41.0 Å². The number of aromatic nitrogens is 2. The van der Waals surface area contributed by atoms with Crippen LogP contribution in [0.1, 0.15) is 66.1 Å². The van der Waals surface area contributed by atoms with E-state index >= 15 is 0 Å². The first-order valence-corrected chi connectivity index (χ1v) is 13.7. The Morgan fingerprint density at radius 3 is 2.41 bits per heavy atom. The van der Waals surface area contributed by atoms with Crippen molar-refractivity contribution >= 4 is 23.3 Å². The molecule has 1 aliphatic rings. The van der Waals surface area contributed by atoms with Crippen LogP contribution < -0.4 is 15.0 Å². The maximum Gasteiger partial charge on any atom is 0.416 e. The smallest absolute Gasteiger partial charge is 0.416 e. The second-order valence-corrected chi connectivity index (χ2v) is 11.3. The van der Waals surface area contributed by atoms with Gasteiger partial charge in [-0.05, 0) is 82.1 Å². The molecule has 4 aromatic rings. The van der Waals surface area contributed by atoms with E-state index < -0.39 is 53.6 Å². The number of pyridine rings is 1. The van der Waals surface area contributed by atoms with Crippen molar-refractivity contribution in [3.63, 3.8) is 0 Å². The normalized spacial score (nSPS) is 15.2. The van der Waals surface area contributed by atoms with Crippen LogP contribution in [0, 0.1) is 18.6 Å². The largest absolute Gasteiger partial charge is 0.485 e. The number of nitrogens with one attached hydrogen (secondary N) is 1. The molecule has 3 heterocycles. The molecule has 0 saturated carbocycles. The third-order valence-electron chi connectivity index (χ3n) is 7.02. The van der Waals surface area contributed by atoms with Gasteiger partial charge in [-0.15, -0.1) is 0 Å². The number of carbonyl (C=O) groups is 2. The van der Waals surface area contributed by atoms with Gasteiger partial charge in [0, 0.05) is 12.7 Å². The standard InChI is InChI=1S/C31H29F5N4O4/c1-17-26(40-13-6-9-25(27(40)37-17)43-16-20-21(32)7-5-8-22(20)33)28(41)38-23-12-14-39(29(42)44-30(2,3)4)24-11-10-18(15-19(23)24)31(34,35)36/h5-11,13,15,23H,12,14,16H2,1-4H3,(H,38,41). The number of fused-ring (bicyclic) bond motifs is 2. The summed E-state index contributed by atoms with van der Waals surface area (Å²) in [5, 5.41) is 2.80. The molecule has 13 heteroatoms. The van der Waals surface area contributed by atoms with Gasteiger partial charge in [-0.1, -0.05) is 6.07 Å². The molecule has 0 bridgehead atoms. The summed E-state index contributed by atoms with van der Waals surface area (Å²) in [7, 11) is 0. The minimum absolute atomic E-state index is 0.0783. The first kappa shape index (κ1) is 30.8. The van der Waals surface area contributed by atoms with Crippen molar-refractivity contribution in [2.75, 3.05) is 11.4 Å². The van der Waals surface area contributed by atoms with Crippen LogP contribution in [0.3, 0.4) is 0 Å². The first-order valence-electron chi connectivity index (χ1n) is 13.7. The van der Waals surface area contributed by atoms with Crippen LogP contribution in [-0.2, 0) is 17.5 Å². The predicted octanol–water partition coefficient (Wildman–Crippen LogP) is 7.14. The van der Waals surface area contributed by atoms with E-state index in [1.165, 1.54) is 27.5 Å². The van der Waals surface area contributed by atoms with E-state index in [9.17, 15) is 31.5 Å². The number of anilines is 1. The third-order valence-corrected chi connectivity index (χ3v) is 7.02. The summed E-state index contributed by atoms with van der Waals surface area (Å²) < 4.78 is 81.8. The molecule has 2 amide bonds. The van der Waals surface area contributed by atoms with Crippen LogP contribution in [0.15, 0.2) is 54.7 Å². The average molecular weight is 617 g/mol. The molecule has 44 heavy (non-hydrogen) atoms. The minimum atomic E-state index is -4.65. The van der Waals surface area contributed by atoms with E-state index in [1.807, 2.05) is 0 Å². The summed E-state index contributed by atoms with van der Waals surface area (Å²) in [5.74, 6) is -2.03. The van der Waals surface area contributed by atoms with Crippen LogP contribution in [0.4, 0.5) is 32.4 Å². The molecule has 2 aromatic heterocycles. The number of hydrogen-bond acceptors (Lipinski definition) is 5. The van der Waals surface area contributed by atoms with Crippen molar-refractivity contribution in [3.8, 4) is 5.75 Å². The second-order valence-electron chi connectivity index (χ2n) is 11.3.